The predicted molar refractivity (Wildman–Crippen MR) is 156 cm³/mol. The minimum absolute atomic E-state index is 0.0888. The molecule has 1 aromatic carbocycles. The van der Waals surface area contributed by atoms with Crippen molar-refractivity contribution >= 4 is 21.6 Å². The number of fused-ring (bicyclic) bond motifs is 2. The molecule has 5 atom stereocenters. The molecule has 2 saturated heterocycles. The maximum atomic E-state index is 15.1. The normalized spacial score (nSPS) is 28.8. The molecule has 1 aromatic heterocycles. The number of nitrogens with zero attached hydrogens (tertiary/aromatic N) is 2. The molecule has 12 heteroatoms. The third-order valence-corrected chi connectivity index (χ3v) is 11.2. The summed E-state index contributed by atoms with van der Waals surface area (Å²) in [7, 11) is -1.69. The summed E-state index contributed by atoms with van der Waals surface area (Å²) in [6.45, 7) is 0.912. The van der Waals surface area contributed by atoms with Gasteiger partial charge in [-0.05, 0) is 75.0 Å². The van der Waals surface area contributed by atoms with Gasteiger partial charge in [-0.1, -0.05) is 12.1 Å². The number of carbonyl (C=O) groups excluding carboxylic acids is 1. The smallest absolute Gasteiger partial charge is 0.241 e. The van der Waals surface area contributed by atoms with Gasteiger partial charge < -0.3 is 21.1 Å². The number of halogens is 2. The zero-order valence-electron chi connectivity index (χ0n) is 24.0. The van der Waals surface area contributed by atoms with Gasteiger partial charge >= 0.3 is 0 Å². The maximum Gasteiger partial charge on any atom is 0.241 e. The van der Waals surface area contributed by atoms with Crippen LogP contribution in [0.1, 0.15) is 62.0 Å². The number of amides is 1. The van der Waals surface area contributed by atoms with Crippen LogP contribution in [0.15, 0.2) is 36.7 Å². The van der Waals surface area contributed by atoms with E-state index in [1.807, 2.05) is 0 Å². The lowest BCUT2D eigenvalue weighted by atomic mass is 9.72. The molecule has 230 valence electrons. The Hall–Kier alpha value is -2.51. The molecule has 0 spiro atoms. The number of benzene rings is 1. The van der Waals surface area contributed by atoms with Gasteiger partial charge in [0, 0.05) is 43.8 Å². The molecule has 42 heavy (non-hydrogen) atoms. The highest BCUT2D eigenvalue weighted by Crippen LogP contribution is 2.39. The molecule has 9 nitrogen and oxygen atoms in total. The summed E-state index contributed by atoms with van der Waals surface area (Å²) in [6.07, 6.45) is 7.99. The Morgan fingerprint density at radius 3 is 2.62 bits per heavy atom. The standard InChI is InChI=1S/C30H41F2N5O4S/c1-41-24-11-6-20(7-12-24)28(19-4-8-21(31)9-5-19)29(33)30(38)36-27-17-34-16-26(32)25(27)13-10-23-15-35-22-3-2-14-42(39,40)37(23)18-22/h4-5,8-9,16-17,20,22-24,28-29,35H,2-3,6-7,10-15,18,33H2,1H3,(H,36,38)/t20-,22-,23+,24-,28+,29+/m1/s1. The summed E-state index contributed by atoms with van der Waals surface area (Å²) < 4.78 is 61.7. The van der Waals surface area contributed by atoms with Crippen molar-refractivity contribution in [2.45, 2.75) is 81.5 Å². The molecule has 4 N–H and O–H groups in total. The van der Waals surface area contributed by atoms with Gasteiger partial charge in [0.15, 0.2) is 0 Å². The van der Waals surface area contributed by atoms with E-state index in [4.69, 9.17) is 10.5 Å². The summed E-state index contributed by atoms with van der Waals surface area (Å²) >= 11 is 0. The number of piperazine rings is 1. The Bertz CT molecular complexity index is 1340. The van der Waals surface area contributed by atoms with Gasteiger partial charge in [-0.2, -0.15) is 4.31 Å². The molecule has 1 unspecified atom stereocenters. The van der Waals surface area contributed by atoms with Crippen molar-refractivity contribution in [2.75, 3.05) is 31.3 Å². The number of hydrogen-bond acceptors (Lipinski definition) is 7. The quantitative estimate of drug-likeness (QED) is 0.400. The highest BCUT2D eigenvalue weighted by Gasteiger charge is 2.39. The van der Waals surface area contributed by atoms with Crippen LogP contribution in [0.2, 0.25) is 0 Å². The van der Waals surface area contributed by atoms with Crippen LogP contribution < -0.4 is 16.4 Å². The minimum Gasteiger partial charge on any atom is -0.381 e. The van der Waals surface area contributed by atoms with Crippen LogP contribution in [0.25, 0.3) is 0 Å². The third-order valence-electron chi connectivity index (χ3n) is 9.26. The van der Waals surface area contributed by atoms with E-state index in [1.54, 1.807) is 23.5 Å². The molecule has 2 aliphatic heterocycles. The average Bonchev–Trinajstić information content (AvgIpc) is 3.10. The molecule has 5 rings (SSSR count). The molecule has 3 heterocycles. The van der Waals surface area contributed by atoms with Gasteiger partial charge in [0.2, 0.25) is 15.9 Å². The van der Waals surface area contributed by atoms with Gasteiger partial charge in [-0.3, -0.25) is 9.78 Å². The Morgan fingerprint density at radius 2 is 1.90 bits per heavy atom. The van der Waals surface area contributed by atoms with Crippen LogP contribution in [0, 0.1) is 17.6 Å². The summed E-state index contributed by atoms with van der Waals surface area (Å²) in [5.74, 6) is -1.59. The molecule has 2 bridgehead atoms. The highest BCUT2D eigenvalue weighted by atomic mass is 32.2. The summed E-state index contributed by atoms with van der Waals surface area (Å²) in [5.41, 5.74) is 7.88. The van der Waals surface area contributed by atoms with Crippen LogP contribution in [0.4, 0.5) is 14.5 Å². The lowest BCUT2D eigenvalue weighted by Crippen LogP contribution is -2.57. The Kier molecular flexibility index (Phi) is 9.88. The first-order valence-electron chi connectivity index (χ1n) is 14.9. The number of methoxy groups -OCH3 is 1. The topological polar surface area (TPSA) is 127 Å². The second kappa shape index (κ2) is 13.4. The van der Waals surface area contributed by atoms with Gasteiger partial charge in [0.05, 0.1) is 36.0 Å². The van der Waals surface area contributed by atoms with E-state index in [0.717, 1.165) is 43.9 Å². The molecule has 2 aromatic rings. The van der Waals surface area contributed by atoms with Gasteiger partial charge in [0.1, 0.15) is 11.6 Å². The van der Waals surface area contributed by atoms with E-state index in [-0.39, 0.29) is 59.3 Å². The highest BCUT2D eigenvalue weighted by molar-refractivity contribution is 7.89. The number of carbonyl (C=O) groups is 1. The second-order valence-electron chi connectivity index (χ2n) is 11.8. The van der Waals surface area contributed by atoms with E-state index in [9.17, 15) is 17.6 Å². The largest absolute Gasteiger partial charge is 0.381 e. The molecule has 3 fully saturated rings. The predicted octanol–water partition coefficient (Wildman–Crippen LogP) is 3.31. The molecular weight excluding hydrogens is 564 g/mol. The van der Waals surface area contributed by atoms with Gasteiger partial charge in [-0.15, -0.1) is 0 Å². The number of hydrogen-bond donors (Lipinski definition) is 3. The van der Waals surface area contributed by atoms with Crippen molar-refractivity contribution in [3.63, 3.8) is 0 Å². The van der Waals surface area contributed by atoms with Crippen molar-refractivity contribution in [3.05, 3.63) is 59.4 Å². The first-order valence-corrected chi connectivity index (χ1v) is 16.5. The van der Waals surface area contributed by atoms with Crippen molar-refractivity contribution in [2.24, 2.45) is 11.7 Å². The lowest BCUT2D eigenvalue weighted by Gasteiger charge is -2.37. The fourth-order valence-electron chi connectivity index (χ4n) is 6.90. The van der Waals surface area contributed by atoms with Crippen molar-refractivity contribution in [1.82, 2.24) is 14.6 Å². The Morgan fingerprint density at radius 1 is 1.17 bits per heavy atom. The zero-order chi connectivity index (χ0) is 29.9. The maximum absolute atomic E-state index is 15.1. The summed E-state index contributed by atoms with van der Waals surface area (Å²) in [4.78, 5) is 17.6. The van der Waals surface area contributed by atoms with Crippen molar-refractivity contribution < 1.29 is 26.7 Å². The van der Waals surface area contributed by atoms with Crippen LogP contribution in [-0.2, 0) is 26.0 Å². The molecule has 0 radical (unpaired) electrons. The first-order chi connectivity index (χ1) is 20.2. The zero-order valence-corrected chi connectivity index (χ0v) is 24.8. The van der Waals surface area contributed by atoms with Crippen LogP contribution >= 0.6 is 0 Å². The number of pyridine rings is 1. The second-order valence-corrected chi connectivity index (χ2v) is 13.9. The fourth-order valence-corrected chi connectivity index (χ4v) is 8.71. The van der Waals surface area contributed by atoms with Crippen molar-refractivity contribution in [3.8, 4) is 0 Å². The summed E-state index contributed by atoms with van der Waals surface area (Å²) in [6, 6.07) is 4.93. The van der Waals surface area contributed by atoms with E-state index in [2.05, 4.69) is 15.6 Å². The monoisotopic (exact) mass is 605 g/mol. The minimum atomic E-state index is -3.38. The first kappa shape index (κ1) is 30.9. The Labute approximate surface area is 246 Å². The van der Waals surface area contributed by atoms with E-state index in [1.165, 1.54) is 18.3 Å². The number of nitrogens with one attached hydrogen (secondary N) is 2. The number of nitrogens with two attached hydrogens (primary N) is 1. The molecular formula is C30H41F2N5O4S. The lowest BCUT2D eigenvalue weighted by molar-refractivity contribution is -0.118. The number of rotatable bonds is 9. The van der Waals surface area contributed by atoms with E-state index < -0.39 is 27.8 Å². The van der Waals surface area contributed by atoms with Crippen LogP contribution in [-0.4, -0.2) is 73.8 Å². The van der Waals surface area contributed by atoms with Crippen LogP contribution in [0.5, 0.6) is 0 Å². The van der Waals surface area contributed by atoms with Crippen molar-refractivity contribution in [1.29, 1.82) is 0 Å². The number of aromatic nitrogens is 1. The molecule has 1 saturated carbocycles. The molecule has 1 amide bonds. The molecule has 3 aliphatic rings. The SMILES string of the molecule is CO[C@H]1CC[C@H]([C@H](c2ccc(F)cc2)[C@H](N)C(=O)Nc2cncc(F)c2CC[C@H]2CN[C@@H]3CCCS(=O)(=O)N2C3)CC1. The van der Waals surface area contributed by atoms with Gasteiger partial charge in [-0.25, -0.2) is 17.2 Å². The summed E-state index contributed by atoms with van der Waals surface area (Å²) in [5, 5.41) is 6.25. The van der Waals surface area contributed by atoms with E-state index in [0.29, 0.717) is 25.9 Å². The fraction of sp³-hybridized carbons (Fsp3) is 0.600. The average molecular weight is 606 g/mol. The third kappa shape index (κ3) is 6.99. The van der Waals surface area contributed by atoms with E-state index >= 15 is 4.39 Å². The van der Waals surface area contributed by atoms with Crippen LogP contribution in [0.3, 0.4) is 0 Å². The number of ether oxygens (including phenoxy) is 1. The van der Waals surface area contributed by atoms with Gasteiger partial charge in [0.25, 0.3) is 0 Å². The number of anilines is 1. The Balaban J connectivity index is 1.32. The molecule has 1 aliphatic carbocycles. The number of sulfonamides is 1.